The topological polar surface area (TPSA) is 130 Å². The number of nitrogens with one attached hydrogen (secondary N) is 1. The fraction of sp³-hybridized carbons (Fsp3) is 0.571. The van der Waals surface area contributed by atoms with Crippen LogP contribution in [0.25, 0.3) is 4.85 Å². The first-order valence-corrected chi connectivity index (χ1v) is 13.8. The standard InChI is InChI=1S/C28H30F5N5O7/c1-15(35-23(41)27(29,30)28(31,32)33)21(39)36(3)19(11-16-9-10-16)22(40)37-13-26(12-20(37)34-2)17-7-5-6-8-18(17)38(24(26)42)14-45-25(43)44-4/h5-8,15-16,19-20H,9-14H2,1,3-4H3,(H,35,41)/t15-,19-,20-,26-/m0/s1. The number of likely N-dealkylation sites (N-methyl/N-ethyl adjacent to an activating group) is 1. The van der Waals surface area contributed by atoms with E-state index in [1.54, 1.807) is 24.3 Å². The van der Waals surface area contributed by atoms with Crippen molar-refractivity contribution in [2.24, 2.45) is 5.92 Å². The van der Waals surface area contributed by atoms with E-state index in [2.05, 4.69) is 9.58 Å². The van der Waals surface area contributed by atoms with Crippen molar-refractivity contribution < 1.29 is 55.4 Å². The number of rotatable bonds is 9. The summed E-state index contributed by atoms with van der Waals surface area (Å²) >= 11 is 0. The molecular formula is C28H30F5N5O7. The second-order valence-corrected chi connectivity index (χ2v) is 11.3. The number of hydrogen-bond donors (Lipinski definition) is 1. The largest absolute Gasteiger partial charge is 0.509 e. The van der Waals surface area contributed by atoms with Gasteiger partial charge in [-0.05, 0) is 30.9 Å². The Kier molecular flexibility index (Phi) is 9.00. The van der Waals surface area contributed by atoms with Crippen LogP contribution in [0.4, 0.5) is 32.4 Å². The number of benzene rings is 1. The molecule has 1 spiro atoms. The Morgan fingerprint density at radius 3 is 2.40 bits per heavy atom. The van der Waals surface area contributed by atoms with Crippen molar-refractivity contribution in [3.63, 3.8) is 0 Å². The summed E-state index contributed by atoms with van der Waals surface area (Å²) in [5, 5.41) is 1.38. The normalized spacial score (nSPS) is 22.4. The van der Waals surface area contributed by atoms with Crippen molar-refractivity contribution in [2.45, 2.75) is 68.4 Å². The maximum absolute atomic E-state index is 14.1. The highest BCUT2D eigenvalue weighted by Gasteiger charge is 2.64. The molecule has 4 atom stereocenters. The second kappa shape index (κ2) is 12.1. The molecule has 0 unspecified atom stereocenters. The van der Waals surface area contributed by atoms with Crippen LogP contribution in [0.5, 0.6) is 0 Å². The van der Waals surface area contributed by atoms with Crippen molar-refractivity contribution >= 4 is 35.5 Å². The number of amides is 4. The van der Waals surface area contributed by atoms with Crippen LogP contribution in [0.15, 0.2) is 24.3 Å². The quantitative estimate of drug-likeness (QED) is 0.249. The van der Waals surface area contributed by atoms with Crippen molar-refractivity contribution in [1.29, 1.82) is 0 Å². The van der Waals surface area contributed by atoms with Gasteiger partial charge in [-0.15, -0.1) is 0 Å². The van der Waals surface area contributed by atoms with Crippen LogP contribution in [0.2, 0.25) is 0 Å². The van der Waals surface area contributed by atoms with Gasteiger partial charge in [0.25, 0.3) is 5.91 Å². The molecule has 4 rings (SSSR count). The molecule has 244 valence electrons. The Hall–Kier alpha value is -4.49. The SMILES string of the molecule is [C-]#[N+][C@@H]1C[C@@]2(CN1C(=O)[C@H](CC1CC1)N(C)C(=O)[C@H](C)NC(=O)C(F)(F)C(F)(F)F)C(=O)N(COC(=O)OC)c1ccccc12. The highest BCUT2D eigenvalue weighted by atomic mass is 19.4. The lowest BCUT2D eigenvalue weighted by molar-refractivity contribution is -0.270. The highest BCUT2D eigenvalue weighted by molar-refractivity contribution is 6.09. The monoisotopic (exact) mass is 643 g/mol. The Bertz CT molecular complexity index is 1430. The molecule has 1 aromatic carbocycles. The van der Waals surface area contributed by atoms with Gasteiger partial charge < -0.3 is 19.7 Å². The lowest BCUT2D eigenvalue weighted by Crippen LogP contribution is -2.58. The van der Waals surface area contributed by atoms with Crippen molar-refractivity contribution in [3.8, 4) is 0 Å². The fourth-order valence-electron chi connectivity index (χ4n) is 5.70. The van der Waals surface area contributed by atoms with E-state index in [0.29, 0.717) is 24.1 Å². The molecule has 4 amide bonds. The fourth-order valence-corrected chi connectivity index (χ4v) is 5.70. The van der Waals surface area contributed by atoms with E-state index >= 15 is 0 Å². The van der Waals surface area contributed by atoms with E-state index in [-0.39, 0.29) is 25.3 Å². The molecule has 12 nitrogen and oxygen atoms in total. The van der Waals surface area contributed by atoms with Crippen LogP contribution in [0.3, 0.4) is 0 Å². The van der Waals surface area contributed by atoms with Gasteiger partial charge in [0.1, 0.15) is 17.5 Å². The zero-order chi connectivity index (χ0) is 33.5. The molecule has 17 heteroatoms. The number of carbonyl (C=O) groups excluding carboxylic acids is 5. The Morgan fingerprint density at radius 1 is 1.18 bits per heavy atom. The smallest absolute Gasteiger partial charge is 0.438 e. The number of anilines is 1. The number of carbonyl (C=O) groups is 5. The van der Waals surface area contributed by atoms with Gasteiger partial charge in [0, 0.05) is 13.6 Å². The van der Waals surface area contributed by atoms with Crippen LogP contribution in [-0.2, 0) is 34.1 Å². The minimum Gasteiger partial charge on any atom is -0.438 e. The van der Waals surface area contributed by atoms with Crippen molar-refractivity contribution in [2.75, 3.05) is 32.3 Å². The van der Waals surface area contributed by atoms with E-state index in [1.165, 1.54) is 10.2 Å². The number of alkyl halides is 5. The van der Waals surface area contributed by atoms with Gasteiger partial charge in [-0.2, -0.15) is 22.0 Å². The average molecular weight is 644 g/mol. The maximum atomic E-state index is 14.1. The van der Waals surface area contributed by atoms with Gasteiger partial charge >= 0.3 is 30.3 Å². The number of halogens is 5. The van der Waals surface area contributed by atoms with Crippen LogP contribution in [-0.4, -0.2) is 97.4 Å². The summed E-state index contributed by atoms with van der Waals surface area (Å²) in [7, 11) is 2.25. The molecule has 0 bridgehead atoms. The van der Waals surface area contributed by atoms with E-state index in [0.717, 1.165) is 30.9 Å². The molecule has 1 saturated carbocycles. The summed E-state index contributed by atoms with van der Waals surface area (Å²) in [4.78, 5) is 71.2. The highest BCUT2D eigenvalue weighted by Crippen LogP contribution is 2.50. The predicted molar refractivity (Wildman–Crippen MR) is 143 cm³/mol. The summed E-state index contributed by atoms with van der Waals surface area (Å²) < 4.78 is 74.4. The zero-order valence-corrected chi connectivity index (χ0v) is 24.4. The molecule has 1 N–H and O–H groups in total. The number of likely N-dealkylation sites (tertiary alicyclic amines) is 1. The third-order valence-corrected chi connectivity index (χ3v) is 8.32. The number of fused-ring (bicyclic) bond motifs is 2. The first-order chi connectivity index (χ1) is 21.0. The molecule has 2 heterocycles. The number of hydrogen-bond acceptors (Lipinski definition) is 7. The van der Waals surface area contributed by atoms with Gasteiger partial charge in [-0.25, -0.2) is 11.4 Å². The van der Waals surface area contributed by atoms with E-state index in [4.69, 9.17) is 11.3 Å². The molecular weight excluding hydrogens is 613 g/mol. The van der Waals surface area contributed by atoms with Crippen LogP contribution >= 0.6 is 0 Å². The van der Waals surface area contributed by atoms with Crippen LogP contribution in [0.1, 0.15) is 38.2 Å². The zero-order valence-electron chi connectivity index (χ0n) is 24.4. The summed E-state index contributed by atoms with van der Waals surface area (Å²) in [6.45, 7) is 7.93. The molecule has 1 saturated heterocycles. The van der Waals surface area contributed by atoms with Gasteiger partial charge in [-0.3, -0.25) is 33.8 Å². The molecule has 1 aliphatic carbocycles. The summed E-state index contributed by atoms with van der Waals surface area (Å²) in [6.07, 6.45) is -6.98. The number of nitrogens with zero attached hydrogens (tertiary/aromatic N) is 4. The van der Waals surface area contributed by atoms with Gasteiger partial charge in [0.05, 0.1) is 19.2 Å². The number of methoxy groups -OCH3 is 1. The van der Waals surface area contributed by atoms with Crippen LogP contribution < -0.4 is 10.2 Å². The van der Waals surface area contributed by atoms with E-state index in [9.17, 15) is 45.9 Å². The molecule has 3 aliphatic rings. The lowest BCUT2D eigenvalue weighted by Gasteiger charge is -2.33. The molecule has 1 aromatic rings. The third kappa shape index (κ3) is 6.09. The van der Waals surface area contributed by atoms with Gasteiger partial charge in [-0.1, -0.05) is 31.0 Å². The first kappa shape index (κ1) is 33.4. The summed E-state index contributed by atoms with van der Waals surface area (Å²) in [6, 6.07) is 3.43. The number of para-hydroxylation sites is 1. The minimum atomic E-state index is -6.19. The second-order valence-electron chi connectivity index (χ2n) is 11.3. The lowest BCUT2D eigenvalue weighted by atomic mass is 9.80. The Balaban J connectivity index is 1.59. The third-order valence-electron chi connectivity index (χ3n) is 8.32. The molecule has 0 aromatic heterocycles. The van der Waals surface area contributed by atoms with E-state index in [1.807, 2.05) is 0 Å². The maximum Gasteiger partial charge on any atom is 0.509 e. The molecule has 45 heavy (non-hydrogen) atoms. The van der Waals surface area contributed by atoms with Crippen molar-refractivity contribution in [3.05, 3.63) is 41.2 Å². The first-order valence-electron chi connectivity index (χ1n) is 13.8. The van der Waals surface area contributed by atoms with Gasteiger partial charge in [0.15, 0.2) is 6.73 Å². The summed E-state index contributed by atoms with van der Waals surface area (Å²) in [5.41, 5.74) is -0.526. The van der Waals surface area contributed by atoms with E-state index < -0.39 is 72.3 Å². The minimum absolute atomic E-state index is 0.00332. The Labute approximate surface area is 254 Å². The number of ether oxygens (including phenoxy) is 2. The summed E-state index contributed by atoms with van der Waals surface area (Å²) in [5.74, 6) is -10.9. The molecule has 2 fully saturated rings. The van der Waals surface area contributed by atoms with Crippen LogP contribution in [0, 0.1) is 12.5 Å². The predicted octanol–water partition coefficient (Wildman–Crippen LogP) is 2.82. The van der Waals surface area contributed by atoms with Gasteiger partial charge in [0.2, 0.25) is 11.8 Å². The average Bonchev–Trinajstić information content (AvgIpc) is 3.69. The molecule has 2 aliphatic heterocycles. The Morgan fingerprint density at radius 2 is 1.82 bits per heavy atom. The molecule has 0 radical (unpaired) electrons. The van der Waals surface area contributed by atoms with Crippen molar-refractivity contribution in [1.82, 2.24) is 15.1 Å².